The van der Waals surface area contributed by atoms with E-state index in [0.29, 0.717) is 0 Å². The molecule has 2 rings (SSSR count). The Bertz CT molecular complexity index is 698. The van der Waals surface area contributed by atoms with Crippen LogP contribution in [0.25, 0.3) is 0 Å². The molecule has 0 radical (unpaired) electrons. The molecule has 0 atom stereocenters. The van der Waals surface area contributed by atoms with Crippen molar-refractivity contribution in [3.63, 3.8) is 0 Å². The van der Waals surface area contributed by atoms with Gasteiger partial charge in [0.1, 0.15) is 0 Å². The van der Waals surface area contributed by atoms with Crippen LogP contribution in [0, 0.1) is 13.8 Å². The number of unbranched alkanes of at least 4 members (excludes halogenated alkanes) is 1. The van der Waals surface area contributed by atoms with Crippen molar-refractivity contribution in [3.05, 3.63) is 59.7 Å². The van der Waals surface area contributed by atoms with Crippen molar-refractivity contribution >= 4 is 22.8 Å². The molecule has 0 spiro atoms. The van der Waals surface area contributed by atoms with Crippen LogP contribution in [0.15, 0.2) is 58.5 Å². The van der Waals surface area contributed by atoms with E-state index in [9.17, 15) is 0 Å². The average molecular weight is 379 g/mol. The van der Waals surface area contributed by atoms with Crippen LogP contribution < -0.4 is 0 Å². The molecule has 3 heteroatoms. The van der Waals surface area contributed by atoms with Crippen molar-refractivity contribution in [1.82, 2.24) is 0 Å². The molecule has 0 fully saturated rings. The topological polar surface area (TPSA) is 24.7 Å². The predicted molar refractivity (Wildman–Crippen MR) is 106 cm³/mol. The molecule has 0 N–H and O–H groups in total. The molecule has 0 saturated heterocycles. The molecular formula is C22H28N2Ni. The van der Waals surface area contributed by atoms with E-state index in [-0.39, 0.29) is 16.5 Å². The number of aliphatic imine (C=N–C) groups is 2. The van der Waals surface area contributed by atoms with Crippen LogP contribution in [0.4, 0.5) is 11.4 Å². The summed E-state index contributed by atoms with van der Waals surface area (Å²) in [5.74, 6) is 0. The Kier molecular flexibility index (Phi) is 9.38. The Morgan fingerprint density at radius 2 is 1.40 bits per heavy atom. The molecule has 0 aromatic heterocycles. The van der Waals surface area contributed by atoms with E-state index in [4.69, 9.17) is 9.98 Å². The molecule has 2 aromatic carbocycles. The van der Waals surface area contributed by atoms with Crippen LogP contribution in [-0.2, 0) is 16.5 Å². The summed E-state index contributed by atoms with van der Waals surface area (Å²) in [5.41, 5.74) is 6.74. The van der Waals surface area contributed by atoms with Gasteiger partial charge in [0.05, 0.1) is 22.8 Å². The number of hydrogen-bond donors (Lipinski definition) is 0. The Hall–Kier alpha value is -1.73. The van der Waals surface area contributed by atoms with Crippen LogP contribution in [0.3, 0.4) is 0 Å². The fraction of sp³-hybridized carbons (Fsp3) is 0.364. The van der Waals surface area contributed by atoms with Gasteiger partial charge in [0.25, 0.3) is 0 Å². The minimum Gasteiger partial charge on any atom is -0.252 e. The maximum absolute atomic E-state index is 4.93. The first-order chi connectivity index (χ1) is 11.6. The Morgan fingerprint density at radius 3 is 1.96 bits per heavy atom. The van der Waals surface area contributed by atoms with Crippen LogP contribution in [-0.4, -0.2) is 11.4 Å². The molecule has 0 aliphatic carbocycles. The SMILES string of the molecule is CCCCC(=N\c1ccccc1)/C(CC)=N/c1cc(C)cc(C)c1.[Ni]. The van der Waals surface area contributed by atoms with Gasteiger partial charge >= 0.3 is 0 Å². The summed E-state index contributed by atoms with van der Waals surface area (Å²) in [5, 5.41) is 0. The molecule has 0 unspecified atom stereocenters. The fourth-order valence-corrected chi connectivity index (χ4v) is 2.79. The second kappa shape index (κ2) is 11.0. The molecule has 0 saturated carbocycles. The van der Waals surface area contributed by atoms with Crippen molar-refractivity contribution in [1.29, 1.82) is 0 Å². The minimum atomic E-state index is 0. The number of nitrogens with zero attached hydrogens (tertiary/aromatic N) is 2. The van der Waals surface area contributed by atoms with Gasteiger partial charge in [-0.2, -0.15) is 0 Å². The average Bonchev–Trinajstić information content (AvgIpc) is 2.56. The van der Waals surface area contributed by atoms with Gasteiger partial charge in [0, 0.05) is 16.5 Å². The molecule has 2 nitrogen and oxygen atoms in total. The molecule has 0 heterocycles. The van der Waals surface area contributed by atoms with Gasteiger partial charge in [0.2, 0.25) is 0 Å². The third-order valence-electron chi connectivity index (χ3n) is 3.93. The Morgan fingerprint density at radius 1 is 0.800 bits per heavy atom. The van der Waals surface area contributed by atoms with Crippen molar-refractivity contribution in [2.45, 2.75) is 53.4 Å². The zero-order valence-corrected chi connectivity index (χ0v) is 16.6. The molecular weight excluding hydrogens is 351 g/mol. The molecule has 136 valence electrons. The third-order valence-corrected chi connectivity index (χ3v) is 3.93. The maximum Gasteiger partial charge on any atom is 0.0639 e. The van der Waals surface area contributed by atoms with E-state index in [0.717, 1.165) is 48.5 Å². The predicted octanol–water partition coefficient (Wildman–Crippen LogP) is 6.75. The molecule has 0 amide bonds. The van der Waals surface area contributed by atoms with Gasteiger partial charge in [-0.25, -0.2) is 0 Å². The number of benzene rings is 2. The largest absolute Gasteiger partial charge is 0.252 e. The fourth-order valence-electron chi connectivity index (χ4n) is 2.79. The number of rotatable bonds is 7. The zero-order chi connectivity index (χ0) is 17.4. The van der Waals surface area contributed by atoms with Crippen LogP contribution >= 0.6 is 0 Å². The first-order valence-electron chi connectivity index (χ1n) is 8.91. The summed E-state index contributed by atoms with van der Waals surface area (Å²) in [4.78, 5) is 9.83. The second-order valence-corrected chi connectivity index (χ2v) is 6.26. The molecule has 2 aromatic rings. The van der Waals surface area contributed by atoms with E-state index in [2.05, 4.69) is 58.0 Å². The van der Waals surface area contributed by atoms with E-state index < -0.39 is 0 Å². The Balaban J connectivity index is 0.00000312. The van der Waals surface area contributed by atoms with Gasteiger partial charge in [-0.1, -0.05) is 44.5 Å². The molecule has 0 aliphatic heterocycles. The van der Waals surface area contributed by atoms with Crippen molar-refractivity contribution in [2.75, 3.05) is 0 Å². The molecule has 0 aliphatic rings. The van der Waals surface area contributed by atoms with Crippen molar-refractivity contribution in [2.24, 2.45) is 9.98 Å². The summed E-state index contributed by atoms with van der Waals surface area (Å²) in [6.45, 7) is 8.61. The van der Waals surface area contributed by atoms with Crippen LogP contribution in [0.1, 0.15) is 50.7 Å². The van der Waals surface area contributed by atoms with Crippen LogP contribution in [0.2, 0.25) is 0 Å². The molecule has 0 bridgehead atoms. The number of para-hydroxylation sites is 1. The summed E-state index contributed by atoms with van der Waals surface area (Å²) < 4.78 is 0. The molecule has 25 heavy (non-hydrogen) atoms. The third kappa shape index (κ3) is 6.96. The number of hydrogen-bond acceptors (Lipinski definition) is 2. The minimum absolute atomic E-state index is 0. The standard InChI is InChI=1S/C22H28N2.Ni/c1-5-7-13-22(23-19-11-9-8-10-12-19)21(6-2)24-20-15-17(3)14-18(4)16-20;/h8-12,14-16H,5-7,13H2,1-4H3;/b23-22+,24-21+;. The van der Waals surface area contributed by atoms with Crippen molar-refractivity contribution < 1.29 is 16.5 Å². The first kappa shape index (κ1) is 21.3. The maximum atomic E-state index is 4.93. The zero-order valence-electron chi connectivity index (χ0n) is 15.7. The van der Waals surface area contributed by atoms with Gasteiger partial charge in [0.15, 0.2) is 0 Å². The number of aryl methyl sites for hydroxylation is 2. The van der Waals surface area contributed by atoms with Crippen LogP contribution in [0.5, 0.6) is 0 Å². The monoisotopic (exact) mass is 378 g/mol. The summed E-state index contributed by atoms with van der Waals surface area (Å²) in [6.07, 6.45) is 4.16. The first-order valence-corrected chi connectivity index (χ1v) is 8.91. The second-order valence-electron chi connectivity index (χ2n) is 6.26. The normalized spacial score (nSPS) is 12.0. The van der Waals surface area contributed by atoms with Gasteiger partial charge < -0.3 is 0 Å². The quantitative estimate of drug-likeness (QED) is 0.376. The van der Waals surface area contributed by atoms with E-state index in [1.54, 1.807) is 0 Å². The van der Waals surface area contributed by atoms with Crippen molar-refractivity contribution in [3.8, 4) is 0 Å². The van der Waals surface area contributed by atoms with E-state index >= 15 is 0 Å². The Labute approximate surface area is 162 Å². The summed E-state index contributed by atoms with van der Waals surface area (Å²) >= 11 is 0. The summed E-state index contributed by atoms with van der Waals surface area (Å²) in [7, 11) is 0. The van der Waals surface area contributed by atoms with E-state index in [1.165, 1.54) is 11.1 Å². The van der Waals surface area contributed by atoms with Gasteiger partial charge in [-0.3, -0.25) is 9.98 Å². The summed E-state index contributed by atoms with van der Waals surface area (Å²) in [6, 6.07) is 16.7. The van der Waals surface area contributed by atoms with Gasteiger partial charge in [-0.05, 0) is 68.5 Å². The van der Waals surface area contributed by atoms with Gasteiger partial charge in [-0.15, -0.1) is 0 Å². The smallest absolute Gasteiger partial charge is 0.0639 e. The van der Waals surface area contributed by atoms with E-state index in [1.807, 2.05) is 18.2 Å².